The number of nitrogens with one attached hydrogen (secondary N) is 1. The molecule has 2 rings (SSSR count). The summed E-state index contributed by atoms with van der Waals surface area (Å²) in [5.41, 5.74) is 5.79. The minimum atomic E-state index is -0.564. The Morgan fingerprint density at radius 2 is 1.81 bits per heavy atom. The number of primary amides is 1. The van der Waals surface area contributed by atoms with Gasteiger partial charge in [-0.15, -0.1) is 0 Å². The van der Waals surface area contributed by atoms with Crippen LogP contribution in [0.25, 0.3) is 0 Å². The fourth-order valence-electron chi connectivity index (χ4n) is 1.77. The molecule has 0 bridgehead atoms. The van der Waals surface area contributed by atoms with Gasteiger partial charge in [0, 0.05) is 24.2 Å². The van der Waals surface area contributed by atoms with Gasteiger partial charge in [-0.2, -0.15) is 0 Å². The van der Waals surface area contributed by atoms with E-state index in [0.717, 1.165) is 16.7 Å². The molecule has 0 atom stereocenters. The molecule has 0 aliphatic carbocycles. The highest BCUT2D eigenvalue weighted by molar-refractivity contribution is 8.14. The smallest absolute Gasteiger partial charge is 0.288 e. The molecule has 8 heteroatoms. The van der Waals surface area contributed by atoms with E-state index >= 15 is 0 Å². The first-order valence-electron chi connectivity index (χ1n) is 6.14. The SMILES string of the molecule is NC(=O)c1ccc(C(=O)NCCN2C(=O)CSC2=O)cc1. The molecule has 110 valence electrons. The van der Waals surface area contributed by atoms with Crippen LogP contribution in [0.15, 0.2) is 24.3 Å². The number of nitrogens with zero attached hydrogens (tertiary/aromatic N) is 1. The Balaban J connectivity index is 1.85. The van der Waals surface area contributed by atoms with Gasteiger partial charge in [0.05, 0.1) is 5.75 Å². The minimum absolute atomic E-state index is 0.149. The fraction of sp³-hybridized carbons (Fsp3) is 0.231. The number of hydrogen-bond donors (Lipinski definition) is 2. The Kier molecular flexibility index (Phi) is 4.59. The maximum Gasteiger partial charge on any atom is 0.288 e. The van der Waals surface area contributed by atoms with Gasteiger partial charge in [-0.25, -0.2) is 0 Å². The predicted octanol–water partition coefficient (Wildman–Crippen LogP) is 0.211. The normalized spacial score (nSPS) is 14.4. The van der Waals surface area contributed by atoms with E-state index in [1.165, 1.54) is 24.3 Å². The summed E-state index contributed by atoms with van der Waals surface area (Å²) >= 11 is 0.954. The van der Waals surface area contributed by atoms with Gasteiger partial charge >= 0.3 is 0 Å². The lowest BCUT2D eigenvalue weighted by atomic mass is 10.1. The molecule has 4 amide bonds. The van der Waals surface area contributed by atoms with E-state index in [1.807, 2.05) is 0 Å². The largest absolute Gasteiger partial charge is 0.366 e. The second-order valence-corrected chi connectivity index (χ2v) is 5.22. The number of carbonyl (C=O) groups excluding carboxylic acids is 4. The molecule has 1 heterocycles. The first-order chi connectivity index (χ1) is 9.99. The molecule has 1 fully saturated rings. The average Bonchev–Trinajstić information content (AvgIpc) is 2.79. The van der Waals surface area contributed by atoms with Crippen LogP contribution < -0.4 is 11.1 Å². The molecule has 0 saturated carbocycles. The van der Waals surface area contributed by atoms with Crippen LogP contribution in [0.4, 0.5) is 4.79 Å². The number of benzene rings is 1. The number of nitrogens with two attached hydrogens (primary N) is 1. The molecule has 21 heavy (non-hydrogen) atoms. The van der Waals surface area contributed by atoms with Gasteiger partial charge in [-0.3, -0.25) is 24.1 Å². The zero-order chi connectivity index (χ0) is 15.4. The highest BCUT2D eigenvalue weighted by Crippen LogP contribution is 2.17. The van der Waals surface area contributed by atoms with Gasteiger partial charge in [0.25, 0.3) is 11.1 Å². The zero-order valence-electron chi connectivity index (χ0n) is 11.0. The monoisotopic (exact) mass is 307 g/mol. The summed E-state index contributed by atoms with van der Waals surface area (Å²) in [6, 6.07) is 5.89. The van der Waals surface area contributed by atoms with Gasteiger partial charge in [0.2, 0.25) is 11.8 Å². The predicted molar refractivity (Wildman–Crippen MR) is 76.9 cm³/mol. The molecular formula is C13H13N3O4S. The van der Waals surface area contributed by atoms with Crippen LogP contribution in [-0.2, 0) is 4.79 Å². The number of rotatable bonds is 5. The molecule has 1 aromatic carbocycles. The summed E-state index contributed by atoms with van der Waals surface area (Å²) in [4.78, 5) is 46.6. The van der Waals surface area contributed by atoms with Crippen molar-refractivity contribution in [2.75, 3.05) is 18.8 Å². The summed E-state index contributed by atoms with van der Waals surface area (Å²) in [6.07, 6.45) is 0. The van der Waals surface area contributed by atoms with Gasteiger partial charge in [-0.1, -0.05) is 11.8 Å². The van der Waals surface area contributed by atoms with Crippen molar-refractivity contribution in [2.45, 2.75) is 0 Å². The van der Waals surface area contributed by atoms with E-state index in [2.05, 4.69) is 5.32 Å². The third kappa shape index (κ3) is 3.60. The number of carbonyl (C=O) groups is 4. The van der Waals surface area contributed by atoms with Crippen molar-refractivity contribution in [1.82, 2.24) is 10.2 Å². The maximum absolute atomic E-state index is 11.8. The summed E-state index contributed by atoms with van der Waals surface area (Å²) in [7, 11) is 0. The molecule has 7 nitrogen and oxygen atoms in total. The van der Waals surface area contributed by atoms with Crippen LogP contribution >= 0.6 is 11.8 Å². The molecule has 0 aromatic heterocycles. The van der Waals surface area contributed by atoms with E-state index in [0.29, 0.717) is 11.1 Å². The highest BCUT2D eigenvalue weighted by Gasteiger charge is 2.29. The van der Waals surface area contributed by atoms with Crippen LogP contribution in [0.1, 0.15) is 20.7 Å². The lowest BCUT2D eigenvalue weighted by molar-refractivity contribution is -0.124. The van der Waals surface area contributed by atoms with Crippen molar-refractivity contribution < 1.29 is 19.2 Å². The quantitative estimate of drug-likeness (QED) is 0.808. The topological polar surface area (TPSA) is 110 Å². The molecule has 3 N–H and O–H groups in total. The number of imide groups is 1. The standard InChI is InChI=1S/C13H13N3O4S/c14-11(18)8-1-3-9(4-2-8)12(19)15-5-6-16-10(17)7-21-13(16)20/h1-4H,5-7H2,(H2,14,18)(H,15,19). The summed E-state index contributed by atoms with van der Waals surface area (Å²) in [5.74, 6) is -1.00. The first-order valence-corrected chi connectivity index (χ1v) is 7.13. The Morgan fingerprint density at radius 3 is 2.33 bits per heavy atom. The summed E-state index contributed by atoms with van der Waals surface area (Å²) < 4.78 is 0. The molecule has 1 saturated heterocycles. The fourth-order valence-corrected chi connectivity index (χ4v) is 2.52. The molecular weight excluding hydrogens is 294 g/mol. The first kappa shape index (κ1) is 15.0. The van der Waals surface area contributed by atoms with E-state index in [-0.39, 0.29) is 35.9 Å². The molecule has 0 unspecified atom stereocenters. The van der Waals surface area contributed by atoms with Gasteiger partial charge in [0.15, 0.2) is 0 Å². The van der Waals surface area contributed by atoms with Crippen molar-refractivity contribution in [3.63, 3.8) is 0 Å². The molecule has 0 spiro atoms. The number of amides is 4. The Labute approximate surface area is 124 Å². The third-order valence-corrected chi connectivity index (χ3v) is 3.75. The lowest BCUT2D eigenvalue weighted by Crippen LogP contribution is -2.37. The van der Waals surface area contributed by atoms with Crippen molar-refractivity contribution in [3.8, 4) is 0 Å². The average molecular weight is 307 g/mol. The second kappa shape index (κ2) is 6.40. The number of hydrogen-bond acceptors (Lipinski definition) is 5. The Hall–Kier alpha value is -2.35. The maximum atomic E-state index is 11.8. The van der Waals surface area contributed by atoms with Crippen LogP contribution in [0.5, 0.6) is 0 Å². The van der Waals surface area contributed by atoms with Crippen molar-refractivity contribution >= 4 is 34.7 Å². The van der Waals surface area contributed by atoms with Crippen molar-refractivity contribution in [3.05, 3.63) is 35.4 Å². The number of thioether (sulfide) groups is 1. The Morgan fingerprint density at radius 1 is 1.19 bits per heavy atom. The van der Waals surface area contributed by atoms with E-state index in [1.54, 1.807) is 0 Å². The van der Waals surface area contributed by atoms with Gasteiger partial charge in [-0.05, 0) is 24.3 Å². The third-order valence-electron chi connectivity index (χ3n) is 2.89. The highest BCUT2D eigenvalue weighted by atomic mass is 32.2. The summed E-state index contributed by atoms with van der Waals surface area (Å²) in [6.45, 7) is 0.324. The van der Waals surface area contributed by atoms with E-state index in [4.69, 9.17) is 5.73 Å². The zero-order valence-corrected chi connectivity index (χ0v) is 11.8. The molecule has 1 aliphatic rings. The van der Waals surface area contributed by atoms with E-state index in [9.17, 15) is 19.2 Å². The minimum Gasteiger partial charge on any atom is -0.366 e. The van der Waals surface area contributed by atoms with Gasteiger partial charge < -0.3 is 11.1 Å². The Bertz CT molecular complexity index is 584. The van der Waals surface area contributed by atoms with Crippen LogP contribution in [0, 0.1) is 0 Å². The van der Waals surface area contributed by atoms with Crippen LogP contribution in [0.2, 0.25) is 0 Å². The summed E-state index contributed by atoms with van der Waals surface area (Å²) in [5, 5.41) is 2.31. The van der Waals surface area contributed by atoms with Gasteiger partial charge in [0.1, 0.15) is 0 Å². The van der Waals surface area contributed by atoms with E-state index < -0.39 is 5.91 Å². The van der Waals surface area contributed by atoms with Crippen molar-refractivity contribution in [1.29, 1.82) is 0 Å². The van der Waals surface area contributed by atoms with Crippen LogP contribution in [0.3, 0.4) is 0 Å². The van der Waals surface area contributed by atoms with Crippen molar-refractivity contribution in [2.24, 2.45) is 5.73 Å². The second-order valence-electron chi connectivity index (χ2n) is 4.30. The molecule has 1 aromatic rings. The molecule has 0 radical (unpaired) electrons. The van der Waals surface area contributed by atoms with Crippen LogP contribution in [-0.4, -0.2) is 46.7 Å². The lowest BCUT2D eigenvalue weighted by Gasteiger charge is -2.13. The molecule has 1 aliphatic heterocycles.